The first kappa shape index (κ1) is 28.0. The quantitative estimate of drug-likeness (QED) is 0.199. The van der Waals surface area contributed by atoms with E-state index in [1.807, 2.05) is 18.2 Å². The minimum atomic E-state index is -3.45. The monoisotopic (exact) mass is 613 g/mol. The summed E-state index contributed by atoms with van der Waals surface area (Å²) in [4.78, 5) is 21.9. The van der Waals surface area contributed by atoms with Gasteiger partial charge in [0.05, 0.1) is 34.9 Å². The lowest BCUT2D eigenvalue weighted by atomic mass is 10.1. The molecule has 1 aliphatic heterocycles. The third kappa shape index (κ3) is 5.86. The van der Waals surface area contributed by atoms with Crippen molar-refractivity contribution in [3.8, 4) is 39.8 Å². The molecule has 0 unspecified atom stereocenters. The maximum Gasteiger partial charge on any atom is 0.209 e. The number of aromatic amines is 2. The molecule has 6 aromatic rings. The van der Waals surface area contributed by atoms with Crippen molar-refractivity contribution in [2.75, 3.05) is 19.3 Å². The van der Waals surface area contributed by atoms with Crippen LogP contribution in [0.5, 0.6) is 5.75 Å². The summed E-state index contributed by atoms with van der Waals surface area (Å²) in [5, 5.41) is 10.9. The van der Waals surface area contributed by atoms with E-state index in [4.69, 9.17) is 14.7 Å². The molecule has 0 atom stereocenters. The van der Waals surface area contributed by atoms with Crippen LogP contribution in [-0.4, -0.2) is 69.0 Å². The average molecular weight is 614 g/mol. The van der Waals surface area contributed by atoms with Crippen molar-refractivity contribution in [3.05, 3.63) is 72.4 Å². The van der Waals surface area contributed by atoms with Gasteiger partial charge in [-0.3, -0.25) is 15.1 Å². The number of halogens is 1. The molecular formula is C30H28FN9O3S. The Balaban J connectivity index is 1.23. The van der Waals surface area contributed by atoms with Gasteiger partial charge in [0.2, 0.25) is 10.0 Å². The summed E-state index contributed by atoms with van der Waals surface area (Å²) in [6.07, 6.45) is 8.17. The van der Waals surface area contributed by atoms with Gasteiger partial charge < -0.3 is 15.0 Å². The van der Waals surface area contributed by atoms with Crippen LogP contribution in [0, 0.1) is 5.82 Å². The largest absolute Gasteiger partial charge is 0.489 e. The molecular weight excluding hydrogens is 585 g/mol. The SMILES string of the molecule is CS(=O)(=O)NCc1cc(F)cc(-c2nccc3[nH]c(-c4n[nH]c5ccc(-c6cncc(OC7CCNCC7)c6)nc45)nc23)c1. The Morgan fingerprint density at radius 3 is 2.66 bits per heavy atom. The van der Waals surface area contributed by atoms with Gasteiger partial charge in [0, 0.05) is 30.1 Å². The Kier molecular flexibility index (Phi) is 7.24. The zero-order valence-electron chi connectivity index (χ0n) is 23.6. The van der Waals surface area contributed by atoms with Crippen LogP contribution in [-0.2, 0) is 16.6 Å². The number of nitrogens with zero attached hydrogens (tertiary/aromatic N) is 5. The number of nitrogens with one attached hydrogen (secondary N) is 4. The van der Waals surface area contributed by atoms with E-state index in [-0.39, 0.29) is 12.6 Å². The number of H-pyrrole nitrogens is 2. The number of fused-ring (bicyclic) bond motifs is 2. The summed E-state index contributed by atoms with van der Waals surface area (Å²) in [7, 11) is -3.45. The van der Waals surface area contributed by atoms with Crippen LogP contribution in [0.25, 0.3) is 56.1 Å². The minimum Gasteiger partial charge on any atom is -0.489 e. The topological polar surface area (TPSA) is 163 Å². The van der Waals surface area contributed by atoms with Crippen molar-refractivity contribution in [2.45, 2.75) is 25.5 Å². The Bertz CT molecular complexity index is 2110. The average Bonchev–Trinajstić information content (AvgIpc) is 3.64. The standard InChI is InChI=1S/C30H28FN9O3S/c1-44(41,42)35-14-17-10-18(12-20(31)11-17)26-27-24(6-9-34-26)37-30(38-27)29-28-25(39-40-29)3-2-23(36-28)19-13-22(16-33-15-19)43-21-4-7-32-8-5-21/h2-3,6,9-13,15-16,21,32,35H,4-5,7-8,14H2,1H3,(H,37,38)(H,39,40). The number of hydrogen-bond donors (Lipinski definition) is 4. The molecule has 14 heteroatoms. The number of benzene rings is 1. The summed E-state index contributed by atoms with van der Waals surface area (Å²) >= 11 is 0. The molecule has 224 valence electrons. The van der Waals surface area contributed by atoms with Crippen molar-refractivity contribution in [3.63, 3.8) is 0 Å². The number of ether oxygens (including phenoxy) is 1. The number of hydrogen-bond acceptors (Lipinski definition) is 9. The number of pyridine rings is 3. The predicted molar refractivity (Wildman–Crippen MR) is 164 cm³/mol. The maximum atomic E-state index is 14.6. The Morgan fingerprint density at radius 2 is 1.82 bits per heavy atom. The van der Waals surface area contributed by atoms with Crippen molar-refractivity contribution >= 4 is 32.1 Å². The second-order valence-corrected chi connectivity index (χ2v) is 12.6. The molecule has 0 amide bonds. The fourth-order valence-corrected chi connectivity index (χ4v) is 5.75. The van der Waals surface area contributed by atoms with Crippen LogP contribution in [0.2, 0.25) is 0 Å². The van der Waals surface area contributed by atoms with Gasteiger partial charge in [0.25, 0.3) is 0 Å². The highest BCUT2D eigenvalue weighted by Gasteiger charge is 2.19. The Labute approximate surface area is 251 Å². The molecule has 1 aliphatic rings. The molecule has 0 bridgehead atoms. The maximum absolute atomic E-state index is 14.6. The fraction of sp³-hybridized carbons (Fsp3) is 0.233. The van der Waals surface area contributed by atoms with Crippen LogP contribution in [0.3, 0.4) is 0 Å². The highest BCUT2D eigenvalue weighted by molar-refractivity contribution is 7.88. The van der Waals surface area contributed by atoms with Gasteiger partial charge in [-0.05, 0) is 74.0 Å². The Hall–Kier alpha value is -4.79. The minimum absolute atomic E-state index is 0.0543. The van der Waals surface area contributed by atoms with E-state index in [9.17, 15) is 12.8 Å². The van der Waals surface area contributed by atoms with Crippen LogP contribution in [0.15, 0.2) is 61.1 Å². The summed E-state index contributed by atoms with van der Waals surface area (Å²) < 4.78 is 46.3. The van der Waals surface area contributed by atoms with Gasteiger partial charge >= 0.3 is 0 Å². The number of rotatable bonds is 8. The van der Waals surface area contributed by atoms with E-state index in [1.54, 1.807) is 30.7 Å². The predicted octanol–water partition coefficient (Wildman–Crippen LogP) is 3.94. The molecule has 1 fully saturated rings. The molecule has 0 aliphatic carbocycles. The molecule has 0 saturated carbocycles. The fourth-order valence-electron chi connectivity index (χ4n) is 5.32. The molecule has 1 aromatic carbocycles. The van der Waals surface area contributed by atoms with Crippen molar-refractivity contribution < 1.29 is 17.5 Å². The van der Waals surface area contributed by atoms with Gasteiger partial charge in [-0.15, -0.1) is 0 Å². The summed E-state index contributed by atoms with van der Waals surface area (Å²) in [5.74, 6) is 0.646. The highest BCUT2D eigenvalue weighted by Crippen LogP contribution is 2.32. The van der Waals surface area contributed by atoms with Crippen LogP contribution >= 0.6 is 0 Å². The van der Waals surface area contributed by atoms with E-state index >= 15 is 0 Å². The first-order valence-electron chi connectivity index (χ1n) is 14.1. The first-order valence-corrected chi connectivity index (χ1v) is 16.0. The van der Waals surface area contributed by atoms with Gasteiger partial charge in [-0.25, -0.2) is 27.5 Å². The van der Waals surface area contributed by atoms with Crippen molar-refractivity contribution in [2.24, 2.45) is 0 Å². The third-order valence-electron chi connectivity index (χ3n) is 7.40. The molecule has 4 N–H and O–H groups in total. The van der Waals surface area contributed by atoms with E-state index in [2.05, 4.69) is 35.2 Å². The zero-order valence-corrected chi connectivity index (χ0v) is 24.4. The van der Waals surface area contributed by atoms with Crippen LogP contribution in [0.1, 0.15) is 18.4 Å². The molecule has 7 rings (SSSR count). The Morgan fingerprint density at radius 1 is 0.977 bits per heavy atom. The van der Waals surface area contributed by atoms with Crippen LogP contribution < -0.4 is 14.8 Å². The molecule has 6 heterocycles. The second kappa shape index (κ2) is 11.4. The molecule has 44 heavy (non-hydrogen) atoms. The van der Waals surface area contributed by atoms with Crippen molar-refractivity contribution in [1.82, 2.24) is 45.2 Å². The van der Waals surface area contributed by atoms with E-state index in [0.29, 0.717) is 56.3 Å². The highest BCUT2D eigenvalue weighted by atomic mass is 32.2. The summed E-state index contributed by atoms with van der Waals surface area (Å²) in [5.41, 5.74) is 5.91. The van der Waals surface area contributed by atoms with E-state index in [0.717, 1.165) is 43.3 Å². The normalized spacial score (nSPS) is 14.4. The molecule has 0 spiro atoms. The zero-order chi connectivity index (χ0) is 30.3. The first-order chi connectivity index (χ1) is 21.3. The smallest absolute Gasteiger partial charge is 0.209 e. The number of piperidine rings is 1. The number of imidazole rings is 1. The second-order valence-electron chi connectivity index (χ2n) is 10.7. The van der Waals surface area contributed by atoms with Gasteiger partial charge in [-0.1, -0.05) is 0 Å². The lowest BCUT2D eigenvalue weighted by molar-refractivity contribution is 0.162. The molecule has 0 radical (unpaired) electrons. The van der Waals surface area contributed by atoms with Gasteiger partial charge in [-0.2, -0.15) is 5.10 Å². The summed E-state index contributed by atoms with van der Waals surface area (Å²) in [6, 6.07) is 11.8. The molecule has 1 saturated heterocycles. The third-order valence-corrected chi connectivity index (χ3v) is 8.07. The van der Waals surface area contributed by atoms with Gasteiger partial charge in [0.15, 0.2) is 11.5 Å². The van der Waals surface area contributed by atoms with Crippen LogP contribution in [0.4, 0.5) is 4.39 Å². The number of sulfonamides is 1. The van der Waals surface area contributed by atoms with E-state index in [1.165, 1.54) is 12.1 Å². The molecule has 5 aromatic heterocycles. The summed E-state index contributed by atoms with van der Waals surface area (Å²) in [6.45, 7) is 1.82. The molecule has 12 nitrogen and oxygen atoms in total. The lowest BCUT2D eigenvalue weighted by Gasteiger charge is -2.23. The van der Waals surface area contributed by atoms with E-state index < -0.39 is 15.8 Å². The van der Waals surface area contributed by atoms with Crippen molar-refractivity contribution in [1.29, 1.82) is 0 Å². The number of aromatic nitrogens is 7. The van der Waals surface area contributed by atoms with Gasteiger partial charge in [0.1, 0.15) is 28.7 Å². The lowest BCUT2D eigenvalue weighted by Crippen LogP contribution is -2.34.